The number of aliphatic hydroxyl groups is 2. The molecular formula is C22H28ClN6O7P. The first-order valence-corrected chi connectivity index (χ1v) is 14.0. The fraction of sp³-hybridized carbons (Fsp3) is 0.500. The Kier molecular flexibility index (Phi) is 7.66. The van der Waals surface area contributed by atoms with Gasteiger partial charge in [-0.2, -0.15) is 15.1 Å². The average molecular weight is 555 g/mol. The first kappa shape index (κ1) is 26.3. The molecule has 5 rings (SSSR count). The fourth-order valence-electron chi connectivity index (χ4n) is 4.48. The van der Waals surface area contributed by atoms with Gasteiger partial charge in [-0.15, -0.1) is 0 Å². The Morgan fingerprint density at radius 1 is 1.19 bits per heavy atom. The molecular weight excluding hydrogens is 527 g/mol. The minimum absolute atomic E-state index is 0.320. The molecule has 0 amide bonds. The summed E-state index contributed by atoms with van der Waals surface area (Å²) < 4.78 is 23.3. The van der Waals surface area contributed by atoms with Crippen molar-refractivity contribution >= 4 is 42.0 Å². The monoisotopic (exact) mass is 554 g/mol. The van der Waals surface area contributed by atoms with Gasteiger partial charge >= 0.3 is 7.60 Å². The Bertz CT molecular complexity index is 1300. The predicted octanol–water partition coefficient (Wildman–Crippen LogP) is 1.46. The second kappa shape index (κ2) is 10.8. The van der Waals surface area contributed by atoms with Gasteiger partial charge in [-0.3, -0.25) is 4.57 Å². The Balaban J connectivity index is 1.43. The number of fused-ring (bicyclic) bond motifs is 1. The molecule has 0 bridgehead atoms. The number of ether oxygens (including phenoxy) is 2. The third-order valence-electron chi connectivity index (χ3n) is 6.30. The number of rotatable bonds is 9. The molecule has 200 valence electrons. The maximum absolute atomic E-state index is 11.1. The zero-order valence-electron chi connectivity index (χ0n) is 19.7. The van der Waals surface area contributed by atoms with E-state index in [0.717, 1.165) is 31.5 Å². The molecule has 2 aliphatic rings. The van der Waals surface area contributed by atoms with Crippen molar-refractivity contribution in [2.45, 2.75) is 43.9 Å². The lowest BCUT2D eigenvalue weighted by Gasteiger charge is -2.19. The molecule has 13 nitrogen and oxygen atoms in total. The number of benzene rings is 1. The molecule has 2 saturated heterocycles. The highest BCUT2D eigenvalue weighted by molar-refractivity contribution is 7.51. The molecule has 2 aliphatic heterocycles. The minimum atomic E-state index is -4.38. The molecule has 2 aromatic heterocycles. The molecule has 2 fully saturated rings. The summed E-state index contributed by atoms with van der Waals surface area (Å²) in [6.07, 6.45) is -2.06. The third-order valence-corrected chi connectivity index (χ3v) is 7.05. The molecule has 0 unspecified atom stereocenters. The molecule has 5 N–H and O–H groups in total. The molecule has 37 heavy (non-hydrogen) atoms. The van der Waals surface area contributed by atoms with Crippen LogP contribution in [0.1, 0.15) is 24.6 Å². The van der Waals surface area contributed by atoms with E-state index in [0.29, 0.717) is 34.4 Å². The molecule has 0 aliphatic carbocycles. The lowest BCUT2D eigenvalue weighted by atomic mass is 10.1. The van der Waals surface area contributed by atoms with Crippen molar-refractivity contribution in [3.8, 4) is 0 Å². The Morgan fingerprint density at radius 3 is 2.70 bits per heavy atom. The molecule has 0 spiro atoms. The summed E-state index contributed by atoms with van der Waals surface area (Å²) in [5, 5.41) is 30.1. The number of aliphatic hydroxyl groups excluding tert-OH is 2. The summed E-state index contributed by atoms with van der Waals surface area (Å²) in [5.74, 6) is 1.06. The van der Waals surface area contributed by atoms with E-state index < -0.39 is 38.5 Å². The van der Waals surface area contributed by atoms with E-state index >= 15 is 0 Å². The van der Waals surface area contributed by atoms with E-state index in [1.807, 2.05) is 18.2 Å². The van der Waals surface area contributed by atoms with Crippen molar-refractivity contribution < 1.29 is 34.0 Å². The number of hydrogen-bond donors (Lipinski definition) is 5. The van der Waals surface area contributed by atoms with Crippen LogP contribution in [0.2, 0.25) is 5.02 Å². The second-order valence-corrected chi connectivity index (χ2v) is 11.1. The summed E-state index contributed by atoms with van der Waals surface area (Å²) in [6, 6.07) is 7.47. The number of hydrogen-bond acceptors (Lipinski definition) is 10. The molecule has 0 radical (unpaired) electrons. The first-order valence-electron chi connectivity index (χ1n) is 11.8. The van der Waals surface area contributed by atoms with Crippen molar-refractivity contribution in [1.29, 1.82) is 0 Å². The van der Waals surface area contributed by atoms with Gasteiger partial charge in [-0.1, -0.05) is 23.7 Å². The van der Waals surface area contributed by atoms with E-state index in [1.165, 1.54) is 4.68 Å². The summed E-state index contributed by atoms with van der Waals surface area (Å²) in [4.78, 5) is 29.5. The van der Waals surface area contributed by atoms with Crippen molar-refractivity contribution in [1.82, 2.24) is 19.7 Å². The maximum Gasteiger partial charge on any atom is 0.350 e. The van der Waals surface area contributed by atoms with Crippen LogP contribution in [0.15, 0.2) is 30.5 Å². The highest BCUT2D eigenvalue weighted by Gasteiger charge is 2.45. The maximum atomic E-state index is 11.1. The summed E-state index contributed by atoms with van der Waals surface area (Å²) in [5.41, 5.74) is 1.36. The lowest BCUT2D eigenvalue weighted by Crippen LogP contribution is -2.34. The van der Waals surface area contributed by atoms with Crippen molar-refractivity contribution in [2.24, 2.45) is 0 Å². The van der Waals surface area contributed by atoms with Crippen LogP contribution in [-0.4, -0.2) is 84.1 Å². The predicted molar refractivity (Wildman–Crippen MR) is 134 cm³/mol. The number of aromatic nitrogens is 4. The zero-order valence-corrected chi connectivity index (χ0v) is 21.4. The Hall–Kier alpha value is -2.35. The van der Waals surface area contributed by atoms with Gasteiger partial charge in [0.05, 0.1) is 18.2 Å². The molecule has 0 saturated carbocycles. The highest BCUT2D eigenvalue weighted by Crippen LogP contribution is 2.36. The van der Waals surface area contributed by atoms with Crippen LogP contribution in [0.5, 0.6) is 0 Å². The van der Waals surface area contributed by atoms with Crippen LogP contribution in [-0.2, 0) is 20.6 Å². The van der Waals surface area contributed by atoms with Crippen molar-refractivity contribution in [3.63, 3.8) is 0 Å². The van der Waals surface area contributed by atoms with Crippen LogP contribution >= 0.6 is 19.2 Å². The zero-order chi connectivity index (χ0) is 26.2. The van der Waals surface area contributed by atoms with Gasteiger partial charge in [-0.25, -0.2) is 4.68 Å². The molecule has 3 aromatic rings. The first-order chi connectivity index (χ1) is 17.7. The van der Waals surface area contributed by atoms with Gasteiger partial charge in [0.1, 0.15) is 30.5 Å². The summed E-state index contributed by atoms with van der Waals surface area (Å²) in [7, 11) is -4.38. The fourth-order valence-corrected chi connectivity index (χ4v) is 5.04. The van der Waals surface area contributed by atoms with Crippen LogP contribution < -0.4 is 10.2 Å². The largest absolute Gasteiger partial charge is 0.387 e. The molecule has 4 heterocycles. The summed E-state index contributed by atoms with van der Waals surface area (Å²) in [6.45, 7) is 1.76. The van der Waals surface area contributed by atoms with Gasteiger partial charge in [0.2, 0.25) is 5.95 Å². The highest BCUT2D eigenvalue weighted by atomic mass is 35.5. The second-order valence-electron chi connectivity index (χ2n) is 9.09. The molecule has 15 heteroatoms. The smallest absolute Gasteiger partial charge is 0.350 e. The molecule has 1 aromatic carbocycles. The van der Waals surface area contributed by atoms with E-state index in [2.05, 4.69) is 15.3 Å². The van der Waals surface area contributed by atoms with Crippen LogP contribution in [0.25, 0.3) is 11.0 Å². The SMILES string of the molecule is O=P(O)(O)COC[C@H]1O[C@@H](n2ncc3c(NCc4cccc(Cl)c4)nc(N4CCCC4)nc32)[C@H](O)[C@@H]1O. The quantitative estimate of drug-likeness (QED) is 0.241. The molecule has 4 atom stereocenters. The number of nitrogens with one attached hydrogen (secondary N) is 1. The number of nitrogens with zero attached hydrogens (tertiary/aromatic N) is 5. The normalized spacial score (nSPS) is 24.3. The number of anilines is 2. The van der Waals surface area contributed by atoms with Gasteiger partial charge in [0.25, 0.3) is 0 Å². The van der Waals surface area contributed by atoms with Crippen molar-refractivity contribution in [3.05, 3.63) is 41.0 Å². The third kappa shape index (κ3) is 5.89. The minimum Gasteiger partial charge on any atom is -0.387 e. The van der Waals surface area contributed by atoms with E-state index in [-0.39, 0.29) is 6.61 Å². The lowest BCUT2D eigenvalue weighted by molar-refractivity contribution is -0.0658. The van der Waals surface area contributed by atoms with E-state index in [9.17, 15) is 14.8 Å². The summed E-state index contributed by atoms with van der Waals surface area (Å²) >= 11 is 6.12. The van der Waals surface area contributed by atoms with Gasteiger partial charge in [-0.05, 0) is 30.5 Å². The standard InChI is InChI=1S/C22H28ClN6O7P/c23-14-5-3-4-13(8-14)9-24-19-15-10-25-29(20(15)27-22(26-19)28-6-1-2-7-28)21-18(31)17(30)16(36-21)11-35-12-37(32,33)34/h3-5,8,10,16-18,21,30-31H,1-2,6-7,9,11-12H2,(H,24,26,27)(H2,32,33,34)/t16-,17-,18-,21-/m1/s1. The van der Waals surface area contributed by atoms with Gasteiger partial charge < -0.3 is 39.7 Å². The average Bonchev–Trinajstić information content (AvgIpc) is 3.58. The van der Waals surface area contributed by atoms with Crippen LogP contribution in [0, 0.1) is 0 Å². The van der Waals surface area contributed by atoms with Crippen LogP contribution in [0.4, 0.5) is 11.8 Å². The van der Waals surface area contributed by atoms with E-state index in [1.54, 1.807) is 12.3 Å². The Morgan fingerprint density at radius 2 is 1.97 bits per heavy atom. The van der Waals surface area contributed by atoms with E-state index in [4.69, 9.17) is 40.8 Å². The van der Waals surface area contributed by atoms with Crippen molar-refractivity contribution in [2.75, 3.05) is 36.3 Å². The van der Waals surface area contributed by atoms with Crippen LogP contribution in [0.3, 0.4) is 0 Å². The van der Waals surface area contributed by atoms with Gasteiger partial charge in [0, 0.05) is 24.7 Å². The number of halogens is 1. The topological polar surface area (TPSA) is 175 Å². The van der Waals surface area contributed by atoms with Gasteiger partial charge in [0.15, 0.2) is 11.9 Å². The Labute approximate surface area is 217 Å².